The van der Waals surface area contributed by atoms with Gasteiger partial charge in [-0.25, -0.2) is 4.98 Å². The third-order valence-corrected chi connectivity index (χ3v) is 4.72. The maximum atomic E-state index is 7.74. The van der Waals surface area contributed by atoms with Crippen LogP contribution in [0.4, 0.5) is 5.69 Å². The van der Waals surface area contributed by atoms with Crippen LogP contribution in [0.1, 0.15) is 31.7 Å². The van der Waals surface area contributed by atoms with Gasteiger partial charge in [-0.2, -0.15) is 0 Å². The van der Waals surface area contributed by atoms with Gasteiger partial charge in [0.15, 0.2) is 0 Å². The minimum Gasteiger partial charge on any atom is -0.399 e. The van der Waals surface area contributed by atoms with Gasteiger partial charge in [0.2, 0.25) is 0 Å². The Bertz CT molecular complexity index is 807. The van der Waals surface area contributed by atoms with E-state index in [0.717, 1.165) is 32.9 Å². The predicted octanol–water partition coefficient (Wildman–Crippen LogP) is 4.20. The van der Waals surface area contributed by atoms with Gasteiger partial charge in [0.25, 0.3) is 0 Å². The zero-order chi connectivity index (χ0) is 14.8. The molecule has 1 aromatic rings. The standard InChI is InChI=1S/C17H19N3S/c1-2-3-4-5-11-8-13(19)10-16-17(11)20-14-7-6-12(18)9-15(14)21-16/h6-10,18H,2-5,19H2,1H3. The van der Waals surface area contributed by atoms with E-state index in [9.17, 15) is 0 Å². The number of nitrogen functional groups attached to an aromatic ring is 1. The zero-order valence-corrected chi connectivity index (χ0v) is 13.0. The Morgan fingerprint density at radius 2 is 2.05 bits per heavy atom. The maximum Gasteiger partial charge on any atom is 0.0843 e. The number of nitrogens with two attached hydrogens (primary N) is 1. The monoisotopic (exact) mass is 297 g/mol. The molecule has 0 saturated carbocycles. The molecule has 0 amide bonds. The fraction of sp³-hybridized carbons (Fsp3) is 0.294. The van der Waals surface area contributed by atoms with Crippen LogP contribution < -0.4 is 11.1 Å². The molecule has 0 radical (unpaired) electrons. The lowest BCUT2D eigenvalue weighted by Crippen LogP contribution is -2.00. The second-order valence-corrected chi connectivity index (χ2v) is 6.46. The van der Waals surface area contributed by atoms with Gasteiger partial charge in [0.1, 0.15) is 0 Å². The number of unbranched alkanes of at least 4 members (excludes halogenated alkanes) is 2. The third kappa shape index (κ3) is 2.90. The second-order valence-electron chi connectivity index (χ2n) is 5.38. The molecule has 0 unspecified atom stereocenters. The van der Waals surface area contributed by atoms with Crippen molar-refractivity contribution in [3.63, 3.8) is 0 Å². The van der Waals surface area contributed by atoms with Crippen LogP contribution in [-0.4, -0.2) is 4.98 Å². The van der Waals surface area contributed by atoms with E-state index in [1.807, 2.05) is 18.2 Å². The molecular formula is C17H19N3S. The molecule has 3 N–H and O–H groups in total. The van der Waals surface area contributed by atoms with E-state index in [2.05, 4.69) is 13.0 Å². The molecule has 0 spiro atoms. The van der Waals surface area contributed by atoms with Crippen LogP contribution in [0.3, 0.4) is 0 Å². The molecule has 0 atom stereocenters. The quantitative estimate of drug-likeness (QED) is 0.431. The lowest BCUT2D eigenvalue weighted by molar-refractivity contribution is 0.719. The van der Waals surface area contributed by atoms with E-state index in [4.69, 9.17) is 16.1 Å². The molecule has 0 bridgehead atoms. The first-order chi connectivity index (χ1) is 10.2. The first-order valence-electron chi connectivity index (χ1n) is 7.35. The molecule has 3 nitrogen and oxygen atoms in total. The van der Waals surface area contributed by atoms with Crippen molar-refractivity contribution in [2.45, 2.75) is 32.6 Å². The lowest BCUT2D eigenvalue weighted by Gasteiger charge is -2.11. The van der Waals surface area contributed by atoms with Crippen LogP contribution >= 0.6 is 11.3 Å². The molecule has 0 saturated heterocycles. The molecule has 1 aromatic carbocycles. The highest BCUT2D eigenvalue weighted by atomic mass is 32.1. The van der Waals surface area contributed by atoms with E-state index in [1.54, 1.807) is 17.4 Å². The van der Waals surface area contributed by atoms with Crippen LogP contribution in [0.5, 0.6) is 0 Å². The minimum atomic E-state index is 0.520. The number of hydrogen-bond acceptors (Lipinski definition) is 4. The van der Waals surface area contributed by atoms with Gasteiger partial charge in [0, 0.05) is 5.69 Å². The normalized spacial score (nSPS) is 11.3. The van der Waals surface area contributed by atoms with Crippen molar-refractivity contribution in [1.82, 2.24) is 4.98 Å². The summed E-state index contributed by atoms with van der Waals surface area (Å²) in [5, 5.41) is 8.26. The molecule has 1 aliphatic heterocycles. The van der Waals surface area contributed by atoms with Gasteiger partial charge < -0.3 is 11.1 Å². The summed E-state index contributed by atoms with van der Waals surface area (Å²) in [6.07, 6.45) is 4.64. The summed E-state index contributed by atoms with van der Waals surface area (Å²) in [6, 6.07) is 9.64. The molecule has 0 fully saturated rings. The van der Waals surface area contributed by atoms with Crippen molar-refractivity contribution in [3.05, 3.63) is 41.3 Å². The van der Waals surface area contributed by atoms with Gasteiger partial charge in [-0.05, 0) is 48.7 Å². The summed E-state index contributed by atoms with van der Waals surface area (Å²) in [4.78, 5) is 5.85. The second kappa shape index (κ2) is 5.82. The Kier molecular flexibility index (Phi) is 3.88. The number of benzene rings is 2. The van der Waals surface area contributed by atoms with Gasteiger partial charge >= 0.3 is 0 Å². The molecule has 21 heavy (non-hydrogen) atoms. The number of nitrogens with zero attached hydrogens (tertiary/aromatic N) is 1. The smallest absolute Gasteiger partial charge is 0.0843 e. The fourth-order valence-electron chi connectivity index (χ4n) is 2.58. The Hall–Kier alpha value is -1.94. The van der Waals surface area contributed by atoms with Gasteiger partial charge in [-0.1, -0.05) is 19.8 Å². The van der Waals surface area contributed by atoms with Crippen LogP contribution in [-0.2, 0) is 6.42 Å². The highest BCUT2D eigenvalue weighted by Crippen LogP contribution is 2.33. The van der Waals surface area contributed by atoms with Gasteiger partial charge in [-0.15, -0.1) is 11.3 Å². The van der Waals surface area contributed by atoms with Crippen molar-refractivity contribution in [1.29, 1.82) is 5.41 Å². The number of nitrogens with one attached hydrogen (secondary N) is 1. The van der Waals surface area contributed by atoms with E-state index in [0.29, 0.717) is 5.36 Å². The Morgan fingerprint density at radius 3 is 2.86 bits per heavy atom. The lowest BCUT2D eigenvalue weighted by atomic mass is 10.1. The molecule has 108 valence electrons. The van der Waals surface area contributed by atoms with Crippen LogP contribution in [0.2, 0.25) is 0 Å². The number of hydrogen-bond donors (Lipinski definition) is 2. The van der Waals surface area contributed by atoms with E-state index >= 15 is 0 Å². The van der Waals surface area contributed by atoms with E-state index in [-0.39, 0.29) is 0 Å². The number of aryl methyl sites for hydroxylation is 1. The maximum absolute atomic E-state index is 7.74. The molecule has 1 heterocycles. The summed E-state index contributed by atoms with van der Waals surface area (Å²) in [5.41, 5.74) is 10.1. The summed E-state index contributed by atoms with van der Waals surface area (Å²) >= 11 is 1.67. The molecule has 2 aliphatic rings. The predicted molar refractivity (Wildman–Crippen MR) is 89.7 cm³/mol. The highest BCUT2D eigenvalue weighted by molar-refractivity contribution is 7.21. The average molecular weight is 297 g/mol. The number of rotatable bonds is 4. The Morgan fingerprint density at radius 1 is 1.19 bits per heavy atom. The largest absolute Gasteiger partial charge is 0.399 e. The van der Waals surface area contributed by atoms with Crippen molar-refractivity contribution in [2.24, 2.45) is 0 Å². The van der Waals surface area contributed by atoms with Crippen LogP contribution in [0.25, 0.3) is 20.8 Å². The van der Waals surface area contributed by atoms with Crippen molar-refractivity contribution < 1.29 is 0 Å². The zero-order valence-electron chi connectivity index (χ0n) is 12.1. The third-order valence-electron chi connectivity index (χ3n) is 3.64. The number of fused-ring (bicyclic) bond motifs is 2. The fourth-order valence-corrected chi connectivity index (χ4v) is 3.69. The topological polar surface area (TPSA) is 62.8 Å². The molecule has 4 heteroatoms. The first kappa shape index (κ1) is 14.0. The average Bonchev–Trinajstić information content (AvgIpc) is 2.45. The molecular weight excluding hydrogens is 278 g/mol. The number of anilines is 1. The van der Waals surface area contributed by atoms with Crippen molar-refractivity contribution >= 4 is 27.2 Å². The Labute approximate surface area is 128 Å². The van der Waals surface area contributed by atoms with E-state index in [1.165, 1.54) is 24.8 Å². The van der Waals surface area contributed by atoms with Crippen molar-refractivity contribution in [3.8, 4) is 10.6 Å². The van der Waals surface area contributed by atoms with Crippen molar-refractivity contribution in [2.75, 3.05) is 5.73 Å². The summed E-state index contributed by atoms with van der Waals surface area (Å²) < 4.78 is 1.11. The first-order valence-corrected chi connectivity index (χ1v) is 8.16. The molecule has 0 aromatic heterocycles. The highest BCUT2D eigenvalue weighted by Gasteiger charge is 2.10. The molecule has 3 rings (SSSR count). The number of aromatic nitrogens is 1. The molecule has 1 aliphatic carbocycles. The summed E-state index contributed by atoms with van der Waals surface area (Å²) in [5.74, 6) is 0. The van der Waals surface area contributed by atoms with Gasteiger partial charge in [-0.3, -0.25) is 0 Å². The summed E-state index contributed by atoms with van der Waals surface area (Å²) in [7, 11) is 0. The summed E-state index contributed by atoms with van der Waals surface area (Å²) in [6.45, 7) is 2.21. The van der Waals surface area contributed by atoms with Gasteiger partial charge in [0.05, 0.1) is 26.1 Å². The van der Waals surface area contributed by atoms with Crippen LogP contribution in [0.15, 0.2) is 30.3 Å². The van der Waals surface area contributed by atoms with Crippen LogP contribution in [0, 0.1) is 5.41 Å². The minimum absolute atomic E-state index is 0.520. The Balaban J connectivity index is 2.17. The van der Waals surface area contributed by atoms with E-state index < -0.39 is 0 Å². The SMILES string of the molecule is CCCCCc1cc(N)cc2sc3cc(=N)ccc-3nc12.